The van der Waals surface area contributed by atoms with Gasteiger partial charge >= 0.3 is 0 Å². The number of imidazole rings is 1. The second-order valence-electron chi connectivity index (χ2n) is 9.09. The van der Waals surface area contributed by atoms with Gasteiger partial charge in [-0.1, -0.05) is 29.8 Å². The summed E-state index contributed by atoms with van der Waals surface area (Å²) in [6.45, 7) is 0.954. The van der Waals surface area contributed by atoms with Gasteiger partial charge in [0.2, 0.25) is 5.88 Å². The quantitative estimate of drug-likeness (QED) is 0.491. The molecular formula is C25H25ClFN3O6. The zero-order valence-electron chi connectivity index (χ0n) is 19.4. The molecule has 0 bridgehead atoms. The molecule has 0 saturated carbocycles. The fraction of sp³-hybridized carbons (Fsp3) is 0.440. The third kappa shape index (κ3) is 4.33. The summed E-state index contributed by atoms with van der Waals surface area (Å²) < 4.78 is 43.2. The number of ether oxygens (including phenoxy) is 5. The number of hydrogen-bond acceptors (Lipinski definition) is 8. The maximum absolute atomic E-state index is 15.0. The van der Waals surface area contributed by atoms with E-state index in [0.29, 0.717) is 36.2 Å². The minimum absolute atomic E-state index is 0.176. The van der Waals surface area contributed by atoms with Crippen LogP contribution in [0.25, 0.3) is 17.2 Å². The molecule has 2 aliphatic heterocycles. The van der Waals surface area contributed by atoms with Crippen molar-refractivity contribution in [2.24, 2.45) is 0 Å². The first-order chi connectivity index (χ1) is 17.5. The Balaban J connectivity index is 1.20. The highest BCUT2D eigenvalue weighted by atomic mass is 35.5. The molecule has 3 aromatic rings. The van der Waals surface area contributed by atoms with Crippen molar-refractivity contribution in [3.05, 3.63) is 51.8 Å². The Labute approximate surface area is 211 Å². The molecule has 3 aliphatic rings. The Morgan fingerprint density at radius 3 is 2.92 bits per heavy atom. The fourth-order valence-electron chi connectivity index (χ4n) is 5.03. The number of nitrogens with one attached hydrogen (secondary N) is 1. The van der Waals surface area contributed by atoms with Gasteiger partial charge in [0.15, 0.2) is 11.8 Å². The lowest BCUT2D eigenvalue weighted by Crippen LogP contribution is -2.34. The monoisotopic (exact) mass is 517 g/mol. The Hall–Kier alpha value is -2.76. The first-order valence-corrected chi connectivity index (χ1v) is 12.2. The molecule has 0 radical (unpaired) electrons. The highest BCUT2D eigenvalue weighted by Crippen LogP contribution is 2.39. The van der Waals surface area contributed by atoms with Crippen LogP contribution in [-0.4, -0.2) is 71.4 Å². The van der Waals surface area contributed by atoms with E-state index in [0.717, 1.165) is 11.1 Å². The van der Waals surface area contributed by atoms with Crippen molar-refractivity contribution in [2.45, 2.75) is 43.4 Å². The summed E-state index contributed by atoms with van der Waals surface area (Å²) >= 11 is 6.45. The van der Waals surface area contributed by atoms with Gasteiger partial charge < -0.3 is 33.8 Å². The third-order valence-corrected chi connectivity index (χ3v) is 6.95. The molecule has 190 valence electrons. The number of fused-ring (bicyclic) bond motifs is 3. The number of aromatic amines is 1. The number of nitrogens with zero attached hydrogens (tertiary/aromatic N) is 2. The Bertz CT molecular complexity index is 1320. The highest BCUT2D eigenvalue weighted by molar-refractivity contribution is 6.32. The molecule has 2 saturated heterocycles. The number of rotatable bonds is 7. The summed E-state index contributed by atoms with van der Waals surface area (Å²) in [7, 11) is 1.61. The molecule has 6 rings (SSSR count). The number of hydrogen-bond donors (Lipinski definition) is 2. The standard InChI is InChI=1S/C25H25ClFN3O6/c1-32-6-2-3-12-7-13-4-5-18(20(13)15(27)8-12)35-24-14(26)9-16-23(29-24)30-25(28-16)36-19-11-34-21-17(31)10-33-22(19)21/h2-3,7-9,17-19,21-22,31H,4-6,10-11H2,1H3,(H,28,29,30)/b3-2+/t17-,18?,19-,21-,22-/m1/s1. The molecule has 2 aromatic heterocycles. The van der Waals surface area contributed by atoms with E-state index < -0.39 is 24.4 Å². The molecule has 1 aliphatic carbocycles. The number of benzene rings is 1. The average Bonchev–Trinajstić information content (AvgIpc) is 3.61. The Morgan fingerprint density at radius 2 is 2.06 bits per heavy atom. The summed E-state index contributed by atoms with van der Waals surface area (Å²) in [4.78, 5) is 11.9. The van der Waals surface area contributed by atoms with E-state index >= 15 is 4.39 Å². The van der Waals surface area contributed by atoms with Crippen LogP contribution in [-0.2, 0) is 20.6 Å². The number of methoxy groups -OCH3 is 1. The number of aliphatic hydroxyl groups is 1. The molecule has 0 spiro atoms. The molecular weight excluding hydrogens is 493 g/mol. The van der Waals surface area contributed by atoms with E-state index in [1.54, 1.807) is 13.2 Å². The molecule has 2 fully saturated rings. The summed E-state index contributed by atoms with van der Waals surface area (Å²) in [6.07, 6.45) is 2.62. The van der Waals surface area contributed by atoms with Crippen LogP contribution >= 0.6 is 11.6 Å². The predicted octanol–water partition coefficient (Wildman–Crippen LogP) is 3.38. The van der Waals surface area contributed by atoms with Gasteiger partial charge in [0.05, 0.1) is 25.3 Å². The SMILES string of the molecule is COC/C=C/c1cc(F)c2c(c1)CCC2Oc1nc2nc(O[C@@H]3CO[C@H]4[C@@H]3OC[C@H]4O)[nH]c2cc1Cl. The second-order valence-corrected chi connectivity index (χ2v) is 9.49. The van der Waals surface area contributed by atoms with Gasteiger partial charge in [-0.15, -0.1) is 0 Å². The van der Waals surface area contributed by atoms with Crippen molar-refractivity contribution in [3.8, 4) is 11.9 Å². The number of pyridine rings is 1. The van der Waals surface area contributed by atoms with Gasteiger partial charge in [-0.05, 0) is 36.1 Å². The van der Waals surface area contributed by atoms with E-state index in [2.05, 4.69) is 15.0 Å². The van der Waals surface area contributed by atoms with E-state index in [-0.39, 0.29) is 42.0 Å². The first kappa shape index (κ1) is 23.6. The molecule has 5 atom stereocenters. The molecule has 0 amide bonds. The lowest BCUT2D eigenvalue weighted by Gasteiger charge is -2.16. The molecule has 9 nitrogen and oxygen atoms in total. The lowest BCUT2D eigenvalue weighted by molar-refractivity contribution is 0.00706. The molecule has 36 heavy (non-hydrogen) atoms. The van der Waals surface area contributed by atoms with Gasteiger partial charge in [-0.25, -0.2) is 4.39 Å². The maximum Gasteiger partial charge on any atom is 0.296 e. The number of aromatic nitrogens is 3. The van der Waals surface area contributed by atoms with Crippen molar-refractivity contribution in [1.82, 2.24) is 15.0 Å². The number of aryl methyl sites for hydroxylation is 1. The first-order valence-electron chi connectivity index (χ1n) is 11.8. The predicted molar refractivity (Wildman–Crippen MR) is 128 cm³/mol. The molecule has 11 heteroatoms. The fourth-order valence-corrected chi connectivity index (χ4v) is 5.23. The van der Waals surface area contributed by atoms with E-state index in [9.17, 15) is 5.11 Å². The van der Waals surface area contributed by atoms with E-state index in [1.807, 2.05) is 18.2 Å². The lowest BCUT2D eigenvalue weighted by atomic mass is 10.0. The van der Waals surface area contributed by atoms with E-state index in [1.165, 1.54) is 6.07 Å². The summed E-state index contributed by atoms with van der Waals surface area (Å²) in [5, 5.41) is 10.2. The zero-order chi connectivity index (χ0) is 24.8. The van der Waals surface area contributed by atoms with Crippen LogP contribution in [0.5, 0.6) is 11.9 Å². The van der Waals surface area contributed by atoms with E-state index in [4.69, 9.17) is 35.3 Å². The van der Waals surface area contributed by atoms with Gasteiger partial charge in [0.1, 0.15) is 35.3 Å². The van der Waals surface area contributed by atoms with Crippen LogP contribution in [0.1, 0.15) is 29.2 Å². The Kier molecular flexibility index (Phi) is 6.30. The van der Waals surface area contributed by atoms with Crippen LogP contribution in [0.15, 0.2) is 24.3 Å². The highest BCUT2D eigenvalue weighted by Gasteiger charge is 2.48. The van der Waals surface area contributed by atoms with Crippen molar-refractivity contribution in [1.29, 1.82) is 0 Å². The second kappa shape index (κ2) is 9.60. The minimum atomic E-state index is -0.663. The van der Waals surface area contributed by atoms with Gasteiger partial charge in [-0.3, -0.25) is 0 Å². The molecule has 1 unspecified atom stereocenters. The van der Waals surface area contributed by atoms with Crippen molar-refractivity contribution >= 4 is 28.8 Å². The van der Waals surface area contributed by atoms with Crippen LogP contribution in [0.2, 0.25) is 5.02 Å². The molecule has 1 aromatic carbocycles. The van der Waals surface area contributed by atoms with Crippen LogP contribution in [0.3, 0.4) is 0 Å². The average molecular weight is 518 g/mol. The zero-order valence-corrected chi connectivity index (χ0v) is 20.2. The normalized spacial score (nSPS) is 27.2. The van der Waals surface area contributed by atoms with Crippen LogP contribution in [0.4, 0.5) is 4.39 Å². The van der Waals surface area contributed by atoms with Crippen molar-refractivity contribution < 1.29 is 33.2 Å². The van der Waals surface area contributed by atoms with Crippen molar-refractivity contribution in [2.75, 3.05) is 26.9 Å². The minimum Gasteiger partial charge on any atom is -0.468 e. The third-order valence-electron chi connectivity index (χ3n) is 6.68. The number of aliphatic hydroxyl groups excluding tert-OH is 1. The van der Waals surface area contributed by atoms with Crippen molar-refractivity contribution in [3.63, 3.8) is 0 Å². The summed E-state index contributed by atoms with van der Waals surface area (Å²) in [5.41, 5.74) is 3.13. The summed E-state index contributed by atoms with van der Waals surface area (Å²) in [5.74, 6) is -0.147. The van der Waals surface area contributed by atoms with Crippen LogP contribution < -0.4 is 9.47 Å². The topological polar surface area (TPSA) is 108 Å². The Morgan fingerprint density at radius 1 is 1.19 bits per heavy atom. The van der Waals surface area contributed by atoms with Crippen LogP contribution in [0, 0.1) is 5.82 Å². The van der Waals surface area contributed by atoms with Gasteiger partial charge in [-0.2, -0.15) is 9.97 Å². The summed E-state index contributed by atoms with van der Waals surface area (Å²) in [6, 6.07) is 5.34. The smallest absolute Gasteiger partial charge is 0.296 e. The largest absolute Gasteiger partial charge is 0.468 e. The van der Waals surface area contributed by atoms with Gasteiger partial charge in [0, 0.05) is 12.7 Å². The molecule has 4 heterocycles. The number of H-pyrrole nitrogens is 1. The maximum atomic E-state index is 15.0. The number of halogens is 2. The molecule has 2 N–H and O–H groups in total. The van der Waals surface area contributed by atoms with Gasteiger partial charge in [0.25, 0.3) is 6.01 Å².